The molecule has 0 saturated heterocycles. The van der Waals surface area contributed by atoms with E-state index in [1.54, 1.807) is 6.20 Å². The first-order valence-corrected chi connectivity index (χ1v) is 5.16. The Morgan fingerprint density at radius 3 is 2.94 bits per heavy atom. The molecule has 1 aliphatic carbocycles. The summed E-state index contributed by atoms with van der Waals surface area (Å²) >= 11 is 5.64. The highest BCUT2D eigenvalue weighted by molar-refractivity contribution is 6.28. The SMILES string of the molecule is FC1(F)CC1Cn1ncc2cnc(Cl)nc21. The van der Waals surface area contributed by atoms with E-state index in [-0.39, 0.29) is 18.2 Å². The third-order valence-corrected chi connectivity index (χ3v) is 2.88. The van der Waals surface area contributed by atoms with Crippen molar-refractivity contribution in [2.45, 2.75) is 18.9 Å². The van der Waals surface area contributed by atoms with Crippen LogP contribution < -0.4 is 0 Å². The summed E-state index contributed by atoms with van der Waals surface area (Å²) < 4.78 is 27.0. The van der Waals surface area contributed by atoms with Gasteiger partial charge in [0.05, 0.1) is 18.1 Å². The standard InChI is InChI=1S/C9H7ClF2N4/c10-8-13-2-5-3-14-16(7(5)15-8)4-6-1-9(6,11)12/h2-3,6H,1,4H2. The van der Waals surface area contributed by atoms with E-state index in [0.29, 0.717) is 11.0 Å². The van der Waals surface area contributed by atoms with Crippen molar-refractivity contribution >= 4 is 22.6 Å². The van der Waals surface area contributed by atoms with Crippen LogP contribution in [-0.4, -0.2) is 25.7 Å². The van der Waals surface area contributed by atoms with Crippen molar-refractivity contribution in [1.82, 2.24) is 19.7 Å². The molecule has 4 nitrogen and oxygen atoms in total. The largest absolute Gasteiger partial charge is 0.253 e. The number of alkyl halides is 2. The summed E-state index contributed by atoms with van der Waals surface area (Å²) in [6.07, 6.45) is 3.00. The predicted molar refractivity (Wildman–Crippen MR) is 53.4 cm³/mol. The summed E-state index contributed by atoms with van der Waals surface area (Å²) in [6, 6.07) is 0. The summed E-state index contributed by atoms with van der Waals surface area (Å²) in [6.45, 7) is 0.170. The average molecular weight is 245 g/mol. The molecule has 1 aliphatic rings. The minimum Gasteiger partial charge on any atom is -0.247 e. The van der Waals surface area contributed by atoms with E-state index in [1.165, 1.54) is 10.9 Å². The van der Waals surface area contributed by atoms with Crippen molar-refractivity contribution in [1.29, 1.82) is 0 Å². The van der Waals surface area contributed by atoms with Crippen molar-refractivity contribution in [3.8, 4) is 0 Å². The monoisotopic (exact) mass is 244 g/mol. The lowest BCUT2D eigenvalue weighted by atomic mass is 10.4. The predicted octanol–water partition coefficient (Wildman–Crippen LogP) is 2.13. The summed E-state index contributed by atoms with van der Waals surface area (Å²) in [5.74, 6) is -3.18. The van der Waals surface area contributed by atoms with Crippen LogP contribution in [-0.2, 0) is 6.54 Å². The zero-order valence-electron chi connectivity index (χ0n) is 8.07. The van der Waals surface area contributed by atoms with E-state index in [9.17, 15) is 8.78 Å². The van der Waals surface area contributed by atoms with Crippen LogP contribution >= 0.6 is 11.6 Å². The first-order valence-electron chi connectivity index (χ1n) is 4.78. The molecule has 7 heteroatoms. The van der Waals surface area contributed by atoms with E-state index < -0.39 is 11.8 Å². The molecule has 0 N–H and O–H groups in total. The van der Waals surface area contributed by atoms with Crippen LogP contribution in [0.3, 0.4) is 0 Å². The van der Waals surface area contributed by atoms with Gasteiger partial charge in [0.25, 0.3) is 5.92 Å². The molecule has 1 atom stereocenters. The Kier molecular flexibility index (Phi) is 1.92. The smallest absolute Gasteiger partial charge is 0.247 e. The topological polar surface area (TPSA) is 43.6 Å². The number of rotatable bonds is 2. The van der Waals surface area contributed by atoms with Gasteiger partial charge >= 0.3 is 0 Å². The number of nitrogens with zero attached hydrogens (tertiary/aromatic N) is 4. The fourth-order valence-electron chi connectivity index (χ4n) is 1.66. The average Bonchev–Trinajstić information content (AvgIpc) is 2.65. The Bertz CT molecular complexity index is 553. The van der Waals surface area contributed by atoms with E-state index >= 15 is 0 Å². The number of aromatic nitrogens is 4. The normalized spacial score (nSPS) is 22.6. The number of fused-ring (bicyclic) bond motifs is 1. The van der Waals surface area contributed by atoms with Gasteiger partial charge < -0.3 is 0 Å². The van der Waals surface area contributed by atoms with Gasteiger partial charge in [-0.2, -0.15) is 10.1 Å². The molecular formula is C9H7ClF2N4. The second kappa shape index (κ2) is 3.10. The first kappa shape index (κ1) is 9.89. The van der Waals surface area contributed by atoms with Gasteiger partial charge in [0.2, 0.25) is 5.28 Å². The van der Waals surface area contributed by atoms with Gasteiger partial charge in [-0.1, -0.05) is 0 Å². The third kappa shape index (κ3) is 1.53. The van der Waals surface area contributed by atoms with Gasteiger partial charge in [-0.25, -0.2) is 18.4 Å². The molecule has 2 aromatic heterocycles. The van der Waals surface area contributed by atoms with Crippen molar-refractivity contribution in [3.63, 3.8) is 0 Å². The molecule has 2 aromatic rings. The van der Waals surface area contributed by atoms with E-state index in [1.807, 2.05) is 0 Å². The second-order valence-electron chi connectivity index (χ2n) is 3.91. The number of hydrogen-bond donors (Lipinski definition) is 0. The fraction of sp³-hybridized carbons (Fsp3) is 0.444. The van der Waals surface area contributed by atoms with Crippen LogP contribution in [0.5, 0.6) is 0 Å². The molecule has 1 unspecified atom stereocenters. The quantitative estimate of drug-likeness (QED) is 0.760. The second-order valence-corrected chi connectivity index (χ2v) is 4.24. The van der Waals surface area contributed by atoms with Gasteiger partial charge in [0.15, 0.2) is 5.65 Å². The maximum absolute atomic E-state index is 12.8. The lowest BCUT2D eigenvalue weighted by Gasteiger charge is -2.01. The van der Waals surface area contributed by atoms with Crippen LogP contribution in [0.1, 0.15) is 6.42 Å². The Hall–Kier alpha value is -1.30. The summed E-state index contributed by atoms with van der Waals surface area (Å²) in [4.78, 5) is 7.77. The molecule has 0 radical (unpaired) electrons. The molecule has 16 heavy (non-hydrogen) atoms. The summed E-state index contributed by atoms with van der Waals surface area (Å²) in [7, 11) is 0. The van der Waals surface area contributed by atoms with E-state index in [0.717, 1.165) is 0 Å². The molecule has 0 aromatic carbocycles. The summed E-state index contributed by atoms with van der Waals surface area (Å²) in [5.41, 5.74) is 0.503. The molecule has 0 amide bonds. The zero-order chi connectivity index (χ0) is 11.3. The number of hydrogen-bond acceptors (Lipinski definition) is 3. The molecule has 1 fully saturated rings. The highest BCUT2D eigenvalue weighted by atomic mass is 35.5. The Morgan fingerprint density at radius 1 is 1.50 bits per heavy atom. The van der Waals surface area contributed by atoms with Crippen LogP contribution in [0, 0.1) is 5.92 Å². The van der Waals surface area contributed by atoms with E-state index in [2.05, 4.69) is 15.1 Å². The van der Waals surface area contributed by atoms with Gasteiger partial charge in [-0.05, 0) is 11.6 Å². The maximum Gasteiger partial charge on any atom is 0.253 e. The van der Waals surface area contributed by atoms with Gasteiger partial charge in [0.1, 0.15) is 0 Å². The van der Waals surface area contributed by atoms with E-state index in [4.69, 9.17) is 11.6 Å². The van der Waals surface area contributed by atoms with Crippen molar-refractivity contribution in [3.05, 3.63) is 17.7 Å². The molecule has 0 bridgehead atoms. The van der Waals surface area contributed by atoms with Crippen LogP contribution in [0.2, 0.25) is 5.28 Å². The molecule has 0 spiro atoms. The van der Waals surface area contributed by atoms with Gasteiger partial charge in [-0.15, -0.1) is 0 Å². The van der Waals surface area contributed by atoms with Crippen molar-refractivity contribution in [2.75, 3.05) is 0 Å². The minimum atomic E-state index is -2.55. The zero-order valence-corrected chi connectivity index (χ0v) is 8.82. The Morgan fingerprint density at radius 2 is 2.25 bits per heavy atom. The Labute approximate surface area is 94.2 Å². The fourth-order valence-corrected chi connectivity index (χ4v) is 1.78. The van der Waals surface area contributed by atoms with Crippen molar-refractivity contribution < 1.29 is 8.78 Å². The maximum atomic E-state index is 12.8. The molecule has 1 saturated carbocycles. The molecule has 2 heterocycles. The van der Waals surface area contributed by atoms with Crippen LogP contribution in [0.25, 0.3) is 11.0 Å². The molecule has 0 aliphatic heterocycles. The number of halogens is 3. The van der Waals surface area contributed by atoms with Gasteiger partial charge in [-0.3, -0.25) is 0 Å². The summed E-state index contributed by atoms with van der Waals surface area (Å²) in [5, 5.41) is 4.80. The lowest BCUT2D eigenvalue weighted by molar-refractivity contribution is 0.0945. The van der Waals surface area contributed by atoms with Gasteiger partial charge in [0, 0.05) is 18.5 Å². The molecule has 84 valence electrons. The Balaban J connectivity index is 1.95. The highest BCUT2D eigenvalue weighted by Crippen LogP contribution is 2.49. The molecular weight excluding hydrogens is 238 g/mol. The molecule has 3 rings (SSSR count). The highest BCUT2D eigenvalue weighted by Gasteiger charge is 2.56. The van der Waals surface area contributed by atoms with Crippen LogP contribution in [0.15, 0.2) is 12.4 Å². The lowest BCUT2D eigenvalue weighted by Crippen LogP contribution is -2.07. The third-order valence-electron chi connectivity index (χ3n) is 2.70. The van der Waals surface area contributed by atoms with Crippen molar-refractivity contribution in [2.24, 2.45) is 5.92 Å². The minimum absolute atomic E-state index is 0.0762. The first-order chi connectivity index (χ1) is 7.56. The van der Waals surface area contributed by atoms with Crippen LogP contribution in [0.4, 0.5) is 8.78 Å².